The number of allylic oxidation sites excluding steroid dienone is 2. The molecule has 0 bridgehead atoms. The predicted octanol–water partition coefficient (Wildman–Crippen LogP) is 2.82. The van der Waals surface area contributed by atoms with Crippen molar-refractivity contribution in [3.63, 3.8) is 0 Å². The predicted molar refractivity (Wildman–Crippen MR) is 78.3 cm³/mol. The van der Waals surface area contributed by atoms with Gasteiger partial charge in [-0.1, -0.05) is 12.1 Å². The van der Waals surface area contributed by atoms with Gasteiger partial charge < -0.3 is 9.88 Å². The van der Waals surface area contributed by atoms with E-state index in [0.717, 1.165) is 23.6 Å². The third-order valence-corrected chi connectivity index (χ3v) is 3.70. The van der Waals surface area contributed by atoms with E-state index in [9.17, 15) is 4.79 Å². The molecule has 0 fully saturated rings. The molecule has 0 radical (unpaired) electrons. The molecule has 0 atom stereocenters. The van der Waals surface area contributed by atoms with Gasteiger partial charge in [0.2, 0.25) is 5.91 Å². The smallest absolute Gasteiger partial charge is 0.224 e. The van der Waals surface area contributed by atoms with E-state index in [1.165, 1.54) is 11.1 Å². The Morgan fingerprint density at radius 2 is 1.90 bits per heavy atom. The first-order valence-corrected chi connectivity index (χ1v) is 6.75. The number of nitrogens with one attached hydrogen (secondary N) is 1. The molecule has 1 aliphatic rings. The monoisotopic (exact) mass is 267 g/mol. The first-order valence-electron chi connectivity index (χ1n) is 6.75. The number of hydrogen-bond donors (Lipinski definition) is 1. The van der Waals surface area contributed by atoms with Crippen LogP contribution in [-0.2, 0) is 4.79 Å². The van der Waals surface area contributed by atoms with E-state index in [4.69, 9.17) is 0 Å². The van der Waals surface area contributed by atoms with E-state index in [1.54, 1.807) is 6.20 Å². The SMILES string of the molecule is CC1=C(c2ccc(-n3ccnc3C)cc2)CCC(=O)N1. The van der Waals surface area contributed by atoms with E-state index < -0.39 is 0 Å². The highest BCUT2D eigenvalue weighted by Crippen LogP contribution is 2.26. The number of hydrogen-bond acceptors (Lipinski definition) is 2. The van der Waals surface area contributed by atoms with Gasteiger partial charge in [-0.2, -0.15) is 0 Å². The van der Waals surface area contributed by atoms with Gasteiger partial charge in [0.1, 0.15) is 5.82 Å². The van der Waals surface area contributed by atoms with Crippen molar-refractivity contribution in [2.75, 3.05) is 0 Å². The van der Waals surface area contributed by atoms with Crippen molar-refractivity contribution >= 4 is 11.5 Å². The van der Waals surface area contributed by atoms with Crippen LogP contribution in [0.1, 0.15) is 31.2 Å². The van der Waals surface area contributed by atoms with Gasteiger partial charge in [0.25, 0.3) is 0 Å². The van der Waals surface area contributed by atoms with Crippen molar-refractivity contribution in [1.29, 1.82) is 0 Å². The van der Waals surface area contributed by atoms with E-state index in [1.807, 2.05) is 24.6 Å². The lowest BCUT2D eigenvalue weighted by molar-refractivity contribution is -0.120. The number of carbonyl (C=O) groups is 1. The highest BCUT2D eigenvalue weighted by Gasteiger charge is 2.16. The quantitative estimate of drug-likeness (QED) is 0.909. The van der Waals surface area contributed by atoms with Crippen LogP contribution in [0.4, 0.5) is 0 Å². The van der Waals surface area contributed by atoms with Crippen LogP contribution in [0.2, 0.25) is 0 Å². The Morgan fingerprint density at radius 1 is 1.15 bits per heavy atom. The van der Waals surface area contributed by atoms with Crippen LogP contribution in [0.25, 0.3) is 11.3 Å². The van der Waals surface area contributed by atoms with Crippen LogP contribution in [0.5, 0.6) is 0 Å². The second kappa shape index (κ2) is 4.96. The van der Waals surface area contributed by atoms with Gasteiger partial charge in [0.15, 0.2) is 0 Å². The lowest BCUT2D eigenvalue weighted by atomic mass is 9.96. The van der Waals surface area contributed by atoms with Gasteiger partial charge in [0, 0.05) is 30.2 Å². The maximum absolute atomic E-state index is 11.3. The van der Waals surface area contributed by atoms with Crippen LogP contribution in [-0.4, -0.2) is 15.5 Å². The molecule has 0 saturated carbocycles. The Bertz CT molecular complexity index is 680. The van der Waals surface area contributed by atoms with E-state index in [-0.39, 0.29) is 5.91 Å². The molecule has 0 unspecified atom stereocenters. The Kier molecular flexibility index (Phi) is 3.14. The summed E-state index contributed by atoms with van der Waals surface area (Å²) in [5.74, 6) is 1.08. The fourth-order valence-electron chi connectivity index (χ4n) is 2.61. The van der Waals surface area contributed by atoms with Gasteiger partial charge in [-0.15, -0.1) is 0 Å². The number of carbonyl (C=O) groups excluding carboxylic acids is 1. The molecule has 2 heterocycles. The molecule has 0 spiro atoms. The van der Waals surface area contributed by atoms with E-state index >= 15 is 0 Å². The lowest BCUT2D eigenvalue weighted by Crippen LogP contribution is -2.26. The van der Waals surface area contributed by atoms with Gasteiger partial charge in [-0.3, -0.25) is 4.79 Å². The van der Waals surface area contributed by atoms with Crippen molar-refractivity contribution in [3.8, 4) is 5.69 Å². The zero-order valence-electron chi connectivity index (χ0n) is 11.7. The zero-order chi connectivity index (χ0) is 14.1. The van der Waals surface area contributed by atoms with Crippen LogP contribution in [0, 0.1) is 6.92 Å². The minimum absolute atomic E-state index is 0.108. The van der Waals surface area contributed by atoms with Gasteiger partial charge in [-0.05, 0) is 43.5 Å². The highest BCUT2D eigenvalue weighted by atomic mass is 16.1. The average Bonchev–Trinajstić information content (AvgIpc) is 2.85. The Balaban J connectivity index is 1.92. The topological polar surface area (TPSA) is 46.9 Å². The van der Waals surface area contributed by atoms with Crippen LogP contribution in [0.3, 0.4) is 0 Å². The maximum atomic E-state index is 11.3. The number of rotatable bonds is 2. The summed E-state index contributed by atoms with van der Waals surface area (Å²) in [5.41, 5.74) is 4.46. The summed E-state index contributed by atoms with van der Waals surface area (Å²) < 4.78 is 2.05. The summed E-state index contributed by atoms with van der Waals surface area (Å²) in [6.45, 7) is 3.94. The third-order valence-electron chi connectivity index (χ3n) is 3.70. The molecule has 4 nitrogen and oxygen atoms in total. The summed E-state index contributed by atoms with van der Waals surface area (Å²) in [6.07, 6.45) is 5.12. The van der Waals surface area contributed by atoms with Crippen molar-refractivity contribution in [2.24, 2.45) is 0 Å². The van der Waals surface area contributed by atoms with Crippen molar-refractivity contribution < 1.29 is 4.79 Å². The first kappa shape index (κ1) is 12.7. The number of amides is 1. The summed E-state index contributed by atoms with van der Waals surface area (Å²) >= 11 is 0. The minimum Gasteiger partial charge on any atom is -0.330 e. The molecule has 0 saturated heterocycles. The Hall–Kier alpha value is -2.36. The average molecular weight is 267 g/mol. The lowest BCUT2D eigenvalue weighted by Gasteiger charge is -2.19. The standard InChI is InChI=1S/C16H17N3O/c1-11-15(7-8-16(20)18-11)13-3-5-14(6-4-13)19-10-9-17-12(19)2/h3-6,9-10H,7-8H2,1-2H3,(H,18,20). The number of imidazole rings is 1. The zero-order valence-corrected chi connectivity index (χ0v) is 11.7. The van der Waals surface area contributed by atoms with Crippen LogP contribution in [0.15, 0.2) is 42.4 Å². The summed E-state index contributed by atoms with van der Waals surface area (Å²) in [6, 6.07) is 8.37. The second-order valence-electron chi connectivity index (χ2n) is 5.04. The first-order chi connectivity index (χ1) is 9.65. The van der Waals surface area contributed by atoms with Crippen LogP contribution < -0.4 is 5.32 Å². The Morgan fingerprint density at radius 3 is 2.50 bits per heavy atom. The molecular formula is C16H17N3O. The van der Waals surface area contributed by atoms with Crippen LogP contribution >= 0.6 is 0 Å². The molecule has 3 rings (SSSR count). The molecule has 1 aromatic carbocycles. The molecule has 1 N–H and O–H groups in total. The Labute approximate surface area is 118 Å². The van der Waals surface area contributed by atoms with Gasteiger partial charge in [0.05, 0.1) is 0 Å². The summed E-state index contributed by atoms with van der Waals surface area (Å²) in [7, 11) is 0. The largest absolute Gasteiger partial charge is 0.330 e. The fraction of sp³-hybridized carbons (Fsp3) is 0.250. The van der Waals surface area contributed by atoms with Crippen molar-refractivity contribution in [2.45, 2.75) is 26.7 Å². The maximum Gasteiger partial charge on any atom is 0.224 e. The highest BCUT2D eigenvalue weighted by molar-refractivity contribution is 5.86. The van der Waals surface area contributed by atoms with Crippen molar-refractivity contribution in [3.05, 3.63) is 53.7 Å². The summed E-state index contributed by atoms with van der Waals surface area (Å²) in [5, 5.41) is 2.90. The molecule has 1 aliphatic heterocycles. The van der Waals surface area contributed by atoms with Gasteiger partial charge in [-0.25, -0.2) is 4.98 Å². The molecule has 1 aromatic heterocycles. The minimum atomic E-state index is 0.108. The third kappa shape index (κ3) is 2.25. The molecular weight excluding hydrogens is 250 g/mol. The number of nitrogens with zero attached hydrogens (tertiary/aromatic N) is 2. The molecule has 102 valence electrons. The molecule has 4 heteroatoms. The molecule has 1 amide bonds. The number of aryl methyl sites for hydroxylation is 1. The van der Waals surface area contributed by atoms with Gasteiger partial charge >= 0.3 is 0 Å². The fourth-order valence-corrected chi connectivity index (χ4v) is 2.61. The summed E-state index contributed by atoms with van der Waals surface area (Å²) in [4.78, 5) is 15.6. The van der Waals surface area contributed by atoms with Crippen molar-refractivity contribution in [1.82, 2.24) is 14.9 Å². The molecule has 20 heavy (non-hydrogen) atoms. The number of benzene rings is 1. The number of aromatic nitrogens is 2. The van der Waals surface area contributed by atoms with E-state index in [0.29, 0.717) is 6.42 Å². The second-order valence-corrected chi connectivity index (χ2v) is 5.04. The molecule has 2 aromatic rings. The molecule has 0 aliphatic carbocycles. The normalized spacial score (nSPS) is 15.4. The van der Waals surface area contributed by atoms with E-state index in [2.05, 4.69) is 34.6 Å².